The van der Waals surface area contributed by atoms with Crippen molar-refractivity contribution >= 4 is 34.3 Å². The van der Waals surface area contributed by atoms with Crippen LogP contribution in [0.15, 0.2) is 84.9 Å². The van der Waals surface area contributed by atoms with Gasteiger partial charge in [-0.2, -0.15) is 0 Å². The number of ketones is 2. The Hall–Kier alpha value is -4.18. The average molecular weight is 447 g/mol. The van der Waals surface area contributed by atoms with Crippen molar-refractivity contribution in [2.75, 3.05) is 10.6 Å². The molecule has 4 aromatic rings. The third kappa shape index (κ3) is 3.88. The number of nitrogens with one attached hydrogen (secondary N) is 2. The molecule has 0 atom stereocenters. The van der Waals surface area contributed by atoms with Crippen LogP contribution in [0.1, 0.15) is 56.8 Å². The van der Waals surface area contributed by atoms with Crippen molar-refractivity contribution in [3.63, 3.8) is 0 Å². The molecule has 0 bridgehead atoms. The molecule has 1 aliphatic carbocycles. The maximum absolute atomic E-state index is 13.6. The fraction of sp³-hybridized carbons (Fsp3) is 0.133. The normalized spacial score (nSPS) is 12.2. The fourth-order valence-electron chi connectivity index (χ4n) is 4.41. The highest BCUT2D eigenvalue weighted by atomic mass is 16.1. The molecule has 0 aromatic heterocycles. The van der Waals surface area contributed by atoms with Crippen LogP contribution in [0.4, 0.5) is 22.7 Å². The van der Waals surface area contributed by atoms with E-state index in [9.17, 15) is 9.59 Å². The van der Waals surface area contributed by atoms with Crippen molar-refractivity contribution in [2.24, 2.45) is 0 Å². The summed E-state index contributed by atoms with van der Waals surface area (Å²) in [6.07, 6.45) is 1.92. The minimum absolute atomic E-state index is 0.150. The number of aryl methyl sites for hydroxylation is 2. The first-order valence-corrected chi connectivity index (χ1v) is 11.7. The molecule has 168 valence electrons. The molecular weight excluding hydrogens is 420 g/mol. The summed E-state index contributed by atoms with van der Waals surface area (Å²) < 4.78 is 0. The first-order chi connectivity index (χ1) is 16.6. The van der Waals surface area contributed by atoms with Gasteiger partial charge < -0.3 is 10.6 Å². The van der Waals surface area contributed by atoms with Crippen molar-refractivity contribution in [3.05, 3.63) is 118 Å². The Morgan fingerprint density at radius 2 is 0.912 bits per heavy atom. The van der Waals surface area contributed by atoms with E-state index in [1.807, 2.05) is 48.5 Å². The van der Waals surface area contributed by atoms with Crippen LogP contribution < -0.4 is 10.6 Å². The van der Waals surface area contributed by atoms with Crippen molar-refractivity contribution in [1.82, 2.24) is 0 Å². The van der Waals surface area contributed by atoms with Gasteiger partial charge in [-0.3, -0.25) is 9.59 Å². The van der Waals surface area contributed by atoms with E-state index in [4.69, 9.17) is 0 Å². The van der Waals surface area contributed by atoms with Crippen LogP contribution in [0.3, 0.4) is 0 Å². The van der Waals surface area contributed by atoms with Gasteiger partial charge in [0.2, 0.25) is 0 Å². The van der Waals surface area contributed by atoms with Crippen LogP contribution in [0.5, 0.6) is 0 Å². The van der Waals surface area contributed by atoms with Gasteiger partial charge in [-0.1, -0.05) is 62.4 Å². The summed E-state index contributed by atoms with van der Waals surface area (Å²) in [6, 6.07) is 27.0. The molecule has 0 aliphatic heterocycles. The lowest BCUT2D eigenvalue weighted by atomic mass is 9.82. The topological polar surface area (TPSA) is 58.2 Å². The summed E-state index contributed by atoms with van der Waals surface area (Å²) in [4.78, 5) is 27.3. The minimum atomic E-state index is -0.150. The van der Waals surface area contributed by atoms with Gasteiger partial charge in [-0.25, -0.2) is 0 Å². The molecule has 34 heavy (non-hydrogen) atoms. The highest BCUT2D eigenvalue weighted by molar-refractivity contribution is 6.32. The van der Waals surface area contributed by atoms with Gasteiger partial charge in [0.25, 0.3) is 0 Å². The molecule has 0 fully saturated rings. The van der Waals surface area contributed by atoms with E-state index in [1.54, 1.807) is 12.1 Å². The zero-order valence-corrected chi connectivity index (χ0v) is 19.3. The lowest BCUT2D eigenvalue weighted by molar-refractivity contribution is 0.0980. The number of fused-ring (bicyclic) bond motifs is 2. The van der Waals surface area contributed by atoms with Gasteiger partial charge in [-0.15, -0.1) is 0 Å². The standard InChI is InChI=1S/C30H26N2O2/c1-3-19-11-15-21(16-12-19)31-25-9-5-7-23-27(25)29(33)24-8-6-10-26(28(24)30(23)34)32-22-17-13-20(4-2)14-18-22/h5-18,31-32H,3-4H2,1-2H3. The number of anilines is 4. The summed E-state index contributed by atoms with van der Waals surface area (Å²) in [5, 5.41) is 6.68. The third-order valence-electron chi connectivity index (χ3n) is 6.35. The maximum atomic E-state index is 13.6. The molecule has 4 heteroatoms. The molecule has 0 radical (unpaired) electrons. The predicted octanol–water partition coefficient (Wildman–Crippen LogP) is 7.07. The Morgan fingerprint density at radius 1 is 0.529 bits per heavy atom. The molecule has 0 heterocycles. The Kier molecular flexibility index (Phi) is 5.72. The van der Waals surface area contributed by atoms with E-state index in [0.29, 0.717) is 33.6 Å². The molecule has 0 saturated carbocycles. The molecule has 0 unspecified atom stereocenters. The molecule has 5 rings (SSSR count). The number of rotatable bonds is 6. The Labute approximate surface area is 199 Å². The van der Waals surface area contributed by atoms with Crippen molar-refractivity contribution < 1.29 is 9.59 Å². The van der Waals surface area contributed by atoms with Crippen LogP contribution in [0.2, 0.25) is 0 Å². The second kappa shape index (κ2) is 8.99. The van der Waals surface area contributed by atoms with Gasteiger partial charge in [0.15, 0.2) is 11.6 Å². The minimum Gasteiger partial charge on any atom is -0.355 e. The number of hydrogen-bond donors (Lipinski definition) is 2. The molecule has 0 spiro atoms. The first-order valence-electron chi connectivity index (χ1n) is 11.7. The summed E-state index contributed by atoms with van der Waals surface area (Å²) in [6.45, 7) is 4.22. The molecular formula is C30H26N2O2. The largest absolute Gasteiger partial charge is 0.355 e. The number of benzene rings is 4. The van der Waals surface area contributed by atoms with Gasteiger partial charge >= 0.3 is 0 Å². The fourth-order valence-corrected chi connectivity index (χ4v) is 4.41. The SMILES string of the molecule is CCc1ccc(Nc2cccc3c2C(=O)c2cccc(Nc4ccc(CC)cc4)c2C3=O)cc1. The molecule has 2 N–H and O–H groups in total. The molecule has 0 amide bonds. The van der Waals surface area contributed by atoms with E-state index in [0.717, 1.165) is 24.2 Å². The van der Waals surface area contributed by atoms with Gasteiger partial charge in [0, 0.05) is 22.5 Å². The summed E-state index contributed by atoms with van der Waals surface area (Å²) in [7, 11) is 0. The lowest BCUT2D eigenvalue weighted by Gasteiger charge is -2.23. The zero-order chi connectivity index (χ0) is 23.7. The van der Waals surface area contributed by atoms with E-state index >= 15 is 0 Å². The van der Waals surface area contributed by atoms with E-state index in [2.05, 4.69) is 48.7 Å². The van der Waals surface area contributed by atoms with E-state index in [1.165, 1.54) is 11.1 Å². The van der Waals surface area contributed by atoms with Crippen molar-refractivity contribution in [3.8, 4) is 0 Å². The van der Waals surface area contributed by atoms with Gasteiger partial charge in [0.05, 0.1) is 22.5 Å². The first kappa shape index (κ1) is 21.7. The smallest absolute Gasteiger partial charge is 0.196 e. The second-order valence-electron chi connectivity index (χ2n) is 8.47. The Bertz CT molecular complexity index is 1280. The van der Waals surface area contributed by atoms with Crippen LogP contribution in [-0.4, -0.2) is 11.6 Å². The van der Waals surface area contributed by atoms with E-state index < -0.39 is 0 Å². The molecule has 4 nitrogen and oxygen atoms in total. The summed E-state index contributed by atoms with van der Waals surface area (Å²) >= 11 is 0. The van der Waals surface area contributed by atoms with E-state index in [-0.39, 0.29) is 11.6 Å². The zero-order valence-electron chi connectivity index (χ0n) is 19.3. The number of carbonyl (C=O) groups is 2. The quantitative estimate of drug-likeness (QED) is 0.293. The Balaban J connectivity index is 1.52. The molecule has 4 aromatic carbocycles. The average Bonchev–Trinajstić information content (AvgIpc) is 2.88. The van der Waals surface area contributed by atoms with Crippen molar-refractivity contribution in [1.29, 1.82) is 0 Å². The number of carbonyl (C=O) groups excluding carboxylic acids is 2. The number of hydrogen-bond acceptors (Lipinski definition) is 4. The predicted molar refractivity (Wildman–Crippen MR) is 138 cm³/mol. The van der Waals surface area contributed by atoms with Crippen molar-refractivity contribution in [2.45, 2.75) is 26.7 Å². The highest BCUT2D eigenvalue weighted by Crippen LogP contribution is 2.37. The highest BCUT2D eigenvalue weighted by Gasteiger charge is 2.33. The second-order valence-corrected chi connectivity index (χ2v) is 8.47. The molecule has 0 saturated heterocycles. The lowest BCUT2D eigenvalue weighted by Crippen LogP contribution is -2.23. The monoisotopic (exact) mass is 446 g/mol. The third-order valence-corrected chi connectivity index (χ3v) is 6.35. The van der Waals surface area contributed by atoms with Gasteiger partial charge in [0.1, 0.15) is 0 Å². The summed E-state index contributed by atoms with van der Waals surface area (Å²) in [5.41, 5.74) is 7.19. The Morgan fingerprint density at radius 3 is 1.26 bits per heavy atom. The summed E-state index contributed by atoms with van der Waals surface area (Å²) in [5.74, 6) is -0.300. The maximum Gasteiger partial charge on any atom is 0.196 e. The van der Waals surface area contributed by atoms with Crippen LogP contribution in [0.25, 0.3) is 0 Å². The molecule has 1 aliphatic rings. The van der Waals surface area contributed by atoms with Gasteiger partial charge in [-0.05, 0) is 60.4 Å². The van der Waals surface area contributed by atoms with Crippen LogP contribution >= 0.6 is 0 Å². The van der Waals surface area contributed by atoms with Crippen LogP contribution in [0, 0.1) is 0 Å². The van der Waals surface area contributed by atoms with Crippen LogP contribution in [-0.2, 0) is 12.8 Å².